The summed E-state index contributed by atoms with van der Waals surface area (Å²) in [6.45, 7) is 13.9. The lowest BCUT2D eigenvalue weighted by Gasteiger charge is -2.29. The molecular formula is C44H39N. The van der Waals surface area contributed by atoms with Crippen molar-refractivity contribution < 1.29 is 0 Å². The van der Waals surface area contributed by atoms with Gasteiger partial charge in [0.2, 0.25) is 0 Å². The molecule has 6 aromatic carbocycles. The summed E-state index contributed by atoms with van der Waals surface area (Å²) >= 11 is 0. The van der Waals surface area contributed by atoms with Gasteiger partial charge >= 0.3 is 0 Å². The van der Waals surface area contributed by atoms with E-state index in [0.29, 0.717) is 0 Å². The summed E-state index contributed by atoms with van der Waals surface area (Å²) in [5.74, 6) is 0. The molecule has 0 aromatic heterocycles. The van der Waals surface area contributed by atoms with Crippen LogP contribution in [-0.2, 0) is 10.8 Å². The van der Waals surface area contributed by atoms with Crippen molar-refractivity contribution in [2.45, 2.75) is 52.4 Å². The zero-order chi connectivity index (χ0) is 31.1. The van der Waals surface area contributed by atoms with Gasteiger partial charge in [-0.3, -0.25) is 0 Å². The number of para-hydroxylation sites is 1. The molecule has 0 N–H and O–H groups in total. The third-order valence-electron chi connectivity index (χ3n) is 10.4. The average molecular weight is 582 g/mol. The third-order valence-corrected chi connectivity index (χ3v) is 10.4. The van der Waals surface area contributed by atoms with Crippen LogP contribution in [0.15, 0.2) is 127 Å². The van der Waals surface area contributed by atoms with Gasteiger partial charge < -0.3 is 4.90 Å². The number of hydrogen-bond acceptors (Lipinski definition) is 1. The van der Waals surface area contributed by atoms with Crippen molar-refractivity contribution in [3.8, 4) is 33.4 Å². The first kappa shape index (κ1) is 27.7. The van der Waals surface area contributed by atoms with Crippen LogP contribution in [0.2, 0.25) is 0 Å². The molecule has 0 unspecified atom stereocenters. The second-order valence-electron chi connectivity index (χ2n) is 14.0. The lowest BCUT2D eigenvalue weighted by Crippen LogP contribution is -2.16. The summed E-state index contributed by atoms with van der Waals surface area (Å²) in [6, 6.07) is 47.5. The minimum absolute atomic E-state index is 0.0137. The lowest BCUT2D eigenvalue weighted by atomic mass is 9.81. The summed E-state index contributed by atoms with van der Waals surface area (Å²) in [6.07, 6.45) is 0. The maximum Gasteiger partial charge on any atom is 0.0545 e. The van der Waals surface area contributed by atoms with Gasteiger partial charge in [0.05, 0.1) is 5.69 Å². The van der Waals surface area contributed by atoms with Crippen molar-refractivity contribution in [1.29, 1.82) is 0 Å². The predicted molar refractivity (Wildman–Crippen MR) is 191 cm³/mol. The van der Waals surface area contributed by atoms with Crippen LogP contribution in [0.25, 0.3) is 33.4 Å². The molecule has 1 nitrogen and oxygen atoms in total. The molecule has 0 radical (unpaired) electrons. The predicted octanol–water partition coefficient (Wildman–Crippen LogP) is 12.1. The van der Waals surface area contributed by atoms with Crippen LogP contribution in [0.1, 0.15) is 61.1 Å². The van der Waals surface area contributed by atoms with E-state index in [-0.39, 0.29) is 10.8 Å². The number of benzene rings is 6. The summed E-state index contributed by atoms with van der Waals surface area (Å²) in [4.78, 5) is 2.45. The first-order valence-corrected chi connectivity index (χ1v) is 16.1. The Hall–Kier alpha value is -4.88. The molecule has 8 rings (SSSR count). The molecule has 0 saturated carbocycles. The van der Waals surface area contributed by atoms with Crippen LogP contribution in [0.4, 0.5) is 17.1 Å². The highest BCUT2D eigenvalue weighted by molar-refractivity contribution is 5.96. The Morgan fingerprint density at radius 1 is 0.422 bits per heavy atom. The summed E-state index contributed by atoms with van der Waals surface area (Å²) < 4.78 is 0. The molecule has 0 spiro atoms. The first-order chi connectivity index (χ1) is 21.7. The van der Waals surface area contributed by atoms with Crippen molar-refractivity contribution in [3.05, 3.63) is 161 Å². The molecule has 0 saturated heterocycles. The number of hydrogen-bond donors (Lipinski definition) is 0. The maximum atomic E-state index is 2.45. The van der Waals surface area contributed by atoms with Crippen LogP contribution in [0.5, 0.6) is 0 Å². The Labute approximate surface area is 267 Å². The molecular weight excluding hydrogens is 542 g/mol. The third kappa shape index (κ3) is 4.07. The van der Waals surface area contributed by atoms with Crippen molar-refractivity contribution in [2.24, 2.45) is 0 Å². The Balaban J connectivity index is 1.31. The first-order valence-electron chi connectivity index (χ1n) is 16.1. The Kier molecular flexibility index (Phi) is 6.03. The quantitative estimate of drug-likeness (QED) is 0.200. The van der Waals surface area contributed by atoms with Crippen LogP contribution < -0.4 is 4.90 Å². The lowest BCUT2D eigenvalue weighted by molar-refractivity contribution is 0.659. The SMILES string of the molecule is Cc1ccc2c(c1)C(C)(C)c1cc(C)cc(N(c3ccccc3)c3ccc(-c4cccc5c4-c4ccccc4C5(C)C)cc3)c1-2. The fraction of sp³-hybridized carbons (Fsp3) is 0.182. The average Bonchev–Trinajstić information content (AvgIpc) is 3.41. The molecule has 0 fully saturated rings. The summed E-state index contributed by atoms with van der Waals surface area (Å²) in [5, 5.41) is 0. The largest absolute Gasteiger partial charge is 0.310 e. The van der Waals surface area contributed by atoms with E-state index in [1.54, 1.807) is 0 Å². The normalized spacial score (nSPS) is 14.8. The van der Waals surface area contributed by atoms with E-state index in [0.717, 1.165) is 11.4 Å². The Morgan fingerprint density at radius 2 is 1.02 bits per heavy atom. The van der Waals surface area contributed by atoms with Crippen LogP contribution >= 0.6 is 0 Å². The fourth-order valence-electron chi connectivity index (χ4n) is 8.05. The molecule has 2 aliphatic rings. The zero-order valence-electron chi connectivity index (χ0n) is 27.1. The highest BCUT2D eigenvalue weighted by Crippen LogP contribution is 2.55. The van der Waals surface area contributed by atoms with Gasteiger partial charge in [-0.1, -0.05) is 130 Å². The van der Waals surface area contributed by atoms with Gasteiger partial charge in [-0.05, 0) is 99.8 Å². The van der Waals surface area contributed by atoms with Gasteiger partial charge in [-0.15, -0.1) is 0 Å². The van der Waals surface area contributed by atoms with Gasteiger partial charge in [0.15, 0.2) is 0 Å². The van der Waals surface area contributed by atoms with E-state index in [2.05, 4.69) is 174 Å². The second kappa shape index (κ2) is 9.81. The molecule has 220 valence electrons. The number of anilines is 3. The van der Waals surface area contributed by atoms with Crippen molar-refractivity contribution >= 4 is 17.1 Å². The van der Waals surface area contributed by atoms with E-state index in [1.807, 2.05) is 0 Å². The molecule has 0 atom stereocenters. The molecule has 0 amide bonds. The Morgan fingerprint density at radius 3 is 1.80 bits per heavy atom. The molecule has 2 aliphatic carbocycles. The van der Waals surface area contributed by atoms with E-state index in [9.17, 15) is 0 Å². The van der Waals surface area contributed by atoms with Gasteiger partial charge in [-0.25, -0.2) is 0 Å². The summed E-state index contributed by atoms with van der Waals surface area (Å²) in [7, 11) is 0. The molecule has 6 aromatic rings. The van der Waals surface area contributed by atoms with Crippen molar-refractivity contribution in [1.82, 2.24) is 0 Å². The summed E-state index contributed by atoms with van der Waals surface area (Å²) in [5.41, 5.74) is 19.6. The zero-order valence-corrected chi connectivity index (χ0v) is 27.1. The molecule has 45 heavy (non-hydrogen) atoms. The van der Waals surface area contributed by atoms with Gasteiger partial charge in [0, 0.05) is 27.8 Å². The van der Waals surface area contributed by atoms with Gasteiger partial charge in [0.1, 0.15) is 0 Å². The standard InChI is InChI=1S/C44H39N/c1-28-19-24-35-38(25-28)44(5,6)39-26-29(2)27-40(42(35)39)45(31-13-8-7-9-14-31)32-22-20-30(21-23-32)33-16-12-18-37-41(33)34-15-10-11-17-36(34)43(37,3)4/h7-27H,1-6H3. The molecule has 0 bridgehead atoms. The monoisotopic (exact) mass is 581 g/mol. The van der Waals surface area contributed by atoms with Gasteiger partial charge in [0.25, 0.3) is 0 Å². The van der Waals surface area contributed by atoms with E-state index < -0.39 is 0 Å². The number of aryl methyl sites for hydroxylation is 2. The van der Waals surface area contributed by atoms with Gasteiger partial charge in [-0.2, -0.15) is 0 Å². The minimum atomic E-state index is -0.0680. The molecule has 0 aliphatic heterocycles. The highest BCUT2D eigenvalue weighted by Gasteiger charge is 2.39. The number of rotatable bonds is 4. The maximum absolute atomic E-state index is 2.45. The topological polar surface area (TPSA) is 3.24 Å². The number of fused-ring (bicyclic) bond motifs is 6. The Bertz CT molecular complexity index is 2110. The highest BCUT2D eigenvalue weighted by atomic mass is 15.1. The minimum Gasteiger partial charge on any atom is -0.310 e. The van der Waals surface area contributed by atoms with Crippen molar-refractivity contribution in [2.75, 3.05) is 4.90 Å². The van der Waals surface area contributed by atoms with Crippen molar-refractivity contribution in [3.63, 3.8) is 0 Å². The van der Waals surface area contributed by atoms with E-state index in [1.165, 1.54) is 72.4 Å². The van der Waals surface area contributed by atoms with Crippen LogP contribution in [-0.4, -0.2) is 0 Å². The molecule has 0 heterocycles. The fourth-order valence-corrected chi connectivity index (χ4v) is 8.05. The second-order valence-corrected chi connectivity index (χ2v) is 14.0. The molecule has 1 heteroatoms. The smallest absolute Gasteiger partial charge is 0.0545 e. The van der Waals surface area contributed by atoms with Crippen LogP contribution in [0.3, 0.4) is 0 Å². The van der Waals surface area contributed by atoms with E-state index in [4.69, 9.17) is 0 Å². The number of nitrogens with zero attached hydrogens (tertiary/aromatic N) is 1. The van der Waals surface area contributed by atoms with E-state index >= 15 is 0 Å². The van der Waals surface area contributed by atoms with Crippen LogP contribution in [0, 0.1) is 13.8 Å².